The van der Waals surface area contributed by atoms with E-state index in [1.54, 1.807) is 4.31 Å². The molecule has 1 aromatic carbocycles. The fourth-order valence-corrected chi connectivity index (χ4v) is 6.24. The summed E-state index contributed by atoms with van der Waals surface area (Å²) in [6.45, 7) is 0.876. The van der Waals surface area contributed by atoms with E-state index in [0.29, 0.717) is 18.2 Å². The lowest BCUT2D eigenvalue weighted by atomic mass is 10.0. The molecule has 6 heteroatoms. The van der Waals surface area contributed by atoms with Gasteiger partial charge in [0.15, 0.2) is 11.5 Å². The van der Waals surface area contributed by atoms with Crippen molar-refractivity contribution in [3.8, 4) is 11.5 Å². The Morgan fingerprint density at radius 1 is 1.04 bits per heavy atom. The third-order valence-corrected chi connectivity index (χ3v) is 7.31. The maximum Gasteiger partial charge on any atom is 0.231 e. The van der Waals surface area contributed by atoms with Gasteiger partial charge in [0.25, 0.3) is 0 Å². The summed E-state index contributed by atoms with van der Waals surface area (Å²) in [6, 6.07) is 5.74. The normalized spacial score (nSPS) is 25.3. The van der Waals surface area contributed by atoms with E-state index in [1.807, 2.05) is 18.2 Å². The van der Waals surface area contributed by atoms with E-state index in [4.69, 9.17) is 9.47 Å². The average molecular weight is 337 g/mol. The standard InChI is InChI=1S/C17H23NO4S/c19-23(20,11-13-4-1-2-5-13)18-9-3-6-15(18)14-7-8-16-17(10-14)22-12-21-16/h7-8,10,13,15H,1-6,9,11-12H2. The highest BCUT2D eigenvalue weighted by atomic mass is 32.2. The van der Waals surface area contributed by atoms with Gasteiger partial charge in [-0.2, -0.15) is 4.31 Å². The van der Waals surface area contributed by atoms with Crippen LogP contribution in [0.2, 0.25) is 0 Å². The first-order valence-corrected chi connectivity index (χ1v) is 10.1. The molecule has 0 radical (unpaired) electrons. The molecule has 2 aliphatic heterocycles. The Labute approximate surface area is 137 Å². The van der Waals surface area contributed by atoms with Crippen molar-refractivity contribution in [2.24, 2.45) is 5.92 Å². The molecule has 5 nitrogen and oxygen atoms in total. The van der Waals surface area contributed by atoms with Gasteiger partial charge in [0, 0.05) is 12.6 Å². The fourth-order valence-electron chi connectivity index (χ4n) is 4.10. The van der Waals surface area contributed by atoms with Crippen molar-refractivity contribution in [3.63, 3.8) is 0 Å². The minimum atomic E-state index is -3.19. The summed E-state index contributed by atoms with van der Waals surface area (Å²) in [5.74, 6) is 2.13. The number of nitrogens with zero attached hydrogens (tertiary/aromatic N) is 1. The molecule has 1 atom stereocenters. The molecule has 2 fully saturated rings. The largest absolute Gasteiger partial charge is 0.454 e. The van der Waals surface area contributed by atoms with Crippen LogP contribution in [0.15, 0.2) is 18.2 Å². The number of hydrogen-bond acceptors (Lipinski definition) is 4. The Hall–Kier alpha value is -1.27. The smallest absolute Gasteiger partial charge is 0.231 e. The van der Waals surface area contributed by atoms with Crippen LogP contribution < -0.4 is 9.47 Å². The first-order valence-electron chi connectivity index (χ1n) is 8.52. The summed E-state index contributed by atoms with van der Waals surface area (Å²) < 4.78 is 38.3. The predicted molar refractivity (Wildman–Crippen MR) is 87.0 cm³/mol. The van der Waals surface area contributed by atoms with Crippen molar-refractivity contribution in [2.45, 2.75) is 44.6 Å². The predicted octanol–water partition coefficient (Wildman–Crippen LogP) is 3.07. The molecule has 126 valence electrons. The summed E-state index contributed by atoms with van der Waals surface area (Å²) in [4.78, 5) is 0. The monoisotopic (exact) mass is 337 g/mol. The van der Waals surface area contributed by atoms with Crippen LogP contribution in [0.3, 0.4) is 0 Å². The molecule has 0 amide bonds. The Bertz CT molecular complexity index is 682. The highest BCUT2D eigenvalue weighted by molar-refractivity contribution is 7.89. The summed E-state index contributed by atoms with van der Waals surface area (Å²) in [5, 5.41) is 0. The third kappa shape index (κ3) is 2.94. The third-order valence-electron chi connectivity index (χ3n) is 5.26. The van der Waals surface area contributed by atoms with Crippen molar-refractivity contribution in [2.75, 3.05) is 19.1 Å². The Morgan fingerprint density at radius 3 is 2.65 bits per heavy atom. The minimum absolute atomic E-state index is 0.0593. The van der Waals surface area contributed by atoms with Gasteiger partial charge < -0.3 is 9.47 Å². The van der Waals surface area contributed by atoms with Crippen molar-refractivity contribution in [3.05, 3.63) is 23.8 Å². The second-order valence-electron chi connectivity index (χ2n) is 6.81. The second-order valence-corrected chi connectivity index (χ2v) is 8.78. The molecule has 1 aromatic rings. The van der Waals surface area contributed by atoms with Crippen molar-refractivity contribution < 1.29 is 17.9 Å². The van der Waals surface area contributed by atoms with E-state index in [9.17, 15) is 8.42 Å². The van der Waals surface area contributed by atoms with Crippen LogP contribution in [0.1, 0.15) is 50.1 Å². The van der Waals surface area contributed by atoms with Gasteiger partial charge in [-0.15, -0.1) is 0 Å². The van der Waals surface area contributed by atoms with Gasteiger partial charge in [-0.05, 0) is 49.3 Å². The Kier molecular flexibility index (Phi) is 3.97. The van der Waals surface area contributed by atoms with Crippen LogP contribution in [-0.4, -0.2) is 31.8 Å². The van der Waals surface area contributed by atoms with Crippen LogP contribution in [-0.2, 0) is 10.0 Å². The molecule has 0 bridgehead atoms. The molecule has 23 heavy (non-hydrogen) atoms. The van der Waals surface area contributed by atoms with Gasteiger partial charge in [0.2, 0.25) is 16.8 Å². The van der Waals surface area contributed by atoms with Crippen molar-refractivity contribution in [1.82, 2.24) is 4.31 Å². The van der Waals surface area contributed by atoms with E-state index in [1.165, 1.54) is 12.8 Å². The van der Waals surface area contributed by atoms with E-state index < -0.39 is 10.0 Å². The number of sulfonamides is 1. The molecule has 0 spiro atoms. The van der Waals surface area contributed by atoms with Crippen LogP contribution in [0.5, 0.6) is 11.5 Å². The summed E-state index contributed by atoms with van der Waals surface area (Å²) in [7, 11) is -3.19. The van der Waals surface area contributed by atoms with Gasteiger partial charge >= 0.3 is 0 Å². The molecule has 3 aliphatic rings. The van der Waals surface area contributed by atoms with Gasteiger partial charge in [-0.25, -0.2) is 8.42 Å². The average Bonchev–Trinajstić information content (AvgIpc) is 3.27. The molecule has 1 saturated carbocycles. The van der Waals surface area contributed by atoms with Crippen LogP contribution >= 0.6 is 0 Å². The quantitative estimate of drug-likeness (QED) is 0.847. The van der Waals surface area contributed by atoms with Gasteiger partial charge in [0.05, 0.1) is 5.75 Å². The SMILES string of the molecule is O=S(=O)(CC1CCCC1)N1CCCC1c1ccc2c(c1)OCO2. The van der Waals surface area contributed by atoms with Crippen molar-refractivity contribution >= 4 is 10.0 Å². The maximum atomic E-state index is 12.9. The molecule has 1 saturated heterocycles. The molecule has 1 unspecified atom stereocenters. The zero-order valence-electron chi connectivity index (χ0n) is 13.2. The van der Waals surface area contributed by atoms with Gasteiger partial charge in [0.1, 0.15) is 0 Å². The molecular formula is C17H23NO4S. The van der Waals surface area contributed by atoms with Crippen LogP contribution in [0.4, 0.5) is 0 Å². The van der Waals surface area contributed by atoms with E-state index in [-0.39, 0.29) is 12.8 Å². The Morgan fingerprint density at radius 2 is 1.83 bits per heavy atom. The van der Waals surface area contributed by atoms with E-state index >= 15 is 0 Å². The van der Waals surface area contributed by atoms with Crippen LogP contribution in [0.25, 0.3) is 0 Å². The van der Waals surface area contributed by atoms with Crippen LogP contribution in [0, 0.1) is 5.92 Å². The lowest BCUT2D eigenvalue weighted by Gasteiger charge is -2.26. The second kappa shape index (κ2) is 5.98. The first-order chi connectivity index (χ1) is 11.1. The lowest BCUT2D eigenvalue weighted by molar-refractivity contribution is 0.174. The maximum absolute atomic E-state index is 12.9. The number of ether oxygens (including phenoxy) is 2. The molecule has 2 heterocycles. The number of benzene rings is 1. The fraction of sp³-hybridized carbons (Fsp3) is 0.647. The van der Waals surface area contributed by atoms with E-state index in [2.05, 4.69) is 0 Å². The molecule has 0 N–H and O–H groups in total. The molecule has 1 aliphatic carbocycles. The van der Waals surface area contributed by atoms with Crippen molar-refractivity contribution in [1.29, 1.82) is 0 Å². The lowest BCUT2D eigenvalue weighted by Crippen LogP contribution is -2.34. The summed E-state index contributed by atoms with van der Waals surface area (Å²) in [6.07, 6.45) is 6.26. The molecular weight excluding hydrogens is 314 g/mol. The van der Waals surface area contributed by atoms with Gasteiger partial charge in [-0.1, -0.05) is 18.9 Å². The number of hydrogen-bond donors (Lipinski definition) is 0. The molecule has 4 rings (SSSR count). The van der Waals surface area contributed by atoms with Gasteiger partial charge in [-0.3, -0.25) is 0 Å². The minimum Gasteiger partial charge on any atom is -0.454 e. The Balaban J connectivity index is 1.56. The summed E-state index contributed by atoms with van der Waals surface area (Å²) in [5.41, 5.74) is 1.02. The summed E-state index contributed by atoms with van der Waals surface area (Å²) >= 11 is 0. The zero-order valence-corrected chi connectivity index (χ0v) is 14.1. The number of rotatable bonds is 4. The highest BCUT2D eigenvalue weighted by Crippen LogP contribution is 2.40. The van der Waals surface area contributed by atoms with E-state index in [0.717, 1.165) is 42.7 Å². The molecule has 0 aromatic heterocycles. The first kappa shape index (κ1) is 15.3. The number of fused-ring (bicyclic) bond motifs is 1. The topological polar surface area (TPSA) is 55.8 Å². The zero-order chi connectivity index (χ0) is 15.9. The highest BCUT2D eigenvalue weighted by Gasteiger charge is 2.37.